The third kappa shape index (κ3) is 2.69. The molecule has 3 heteroatoms. The van der Waals surface area contributed by atoms with Gasteiger partial charge in [0, 0.05) is 12.6 Å². The van der Waals surface area contributed by atoms with E-state index in [0.717, 1.165) is 6.04 Å². The minimum atomic E-state index is -0.850. The lowest BCUT2D eigenvalue weighted by molar-refractivity contribution is 0.245. The van der Waals surface area contributed by atoms with Gasteiger partial charge in [0.15, 0.2) is 7.12 Å². The summed E-state index contributed by atoms with van der Waals surface area (Å²) in [5.74, 6) is 1.27. The van der Waals surface area contributed by atoms with Gasteiger partial charge in [-0.25, -0.2) is 10.1 Å². The molecule has 2 aliphatic rings. The first-order valence-electron chi connectivity index (χ1n) is 6.01. The second kappa shape index (κ2) is 5.46. The topological polar surface area (TPSA) is 3.24 Å². The Morgan fingerprint density at radius 3 is 2.43 bits per heavy atom. The van der Waals surface area contributed by atoms with E-state index in [2.05, 4.69) is 10.6 Å². The zero-order chi connectivity index (χ0) is 10.6. The normalized spacial score (nSPS) is 42.6. The summed E-state index contributed by atoms with van der Waals surface area (Å²) in [6.45, 7) is 5.27. The highest BCUT2D eigenvalue weighted by molar-refractivity contribution is 8.47. The third-order valence-electron chi connectivity index (χ3n) is 3.20. The van der Waals surface area contributed by atoms with Crippen molar-refractivity contribution in [3.8, 4) is 0 Å². The van der Waals surface area contributed by atoms with Crippen LogP contribution in [0.1, 0.15) is 46.0 Å². The fourth-order valence-corrected chi connectivity index (χ4v) is 4.96. The molecule has 0 amide bonds. The molecule has 0 aromatic carbocycles. The van der Waals surface area contributed by atoms with Gasteiger partial charge in [-0.3, -0.25) is 4.31 Å². The number of piperidine rings is 1. The molecule has 82 valence electrons. The summed E-state index contributed by atoms with van der Waals surface area (Å²) < 4.78 is 2.62. The lowest BCUT2D eigenvalue weighted by atomic mass is 10.0. The summed E-state index contributed by atoms with van der Waals surface area (Å²) in [6, 6.07) is 0.845. The van der Waals surface area contributed by atoms with Crippen LogP contribution < -0.4 is 0 Å². The summed E-state index contributed by atoms with van der Waals surface area (Å²) >= 11 is 0. The predicted molar refractivity (Wildman–Crippen MR) is 69.1 cm³/mol. The van der Waals surface area contributed by atoms with E-state index >= 15 is 0 Å². The van der Waals surface area contributed by atoms with Crippen LogP contribution in [0.4, 0.5) is 0 Å². The molecule has 2 saturated heterocycles. The first-order chi connectivity index (χ1) is 6.70. The van der Waals surface area contributed by atoms with Gasteiger partial charge in [-0.2, -0.15) is 0 Å². The largest absolute Gasteiger partial charge is 0.274 e. The maximum atomic E-state index is 6.34. The summed E-state index contributed by atoms with van der Waals surface area (Å²) in [6.07, 6.45) is 9.25. The zero-order valence-electron chi connectivity index (χ0n) is 9.96. The van der Waals surface area contributed by atoms with Crippen molar-refractivity contribution in [2.24, 2.45) is 0 Å². The van der Waals surface area contributed by atoms with E-state index in [1.807, 2.05) is 13.8 Å². The van der Waals surface area contributed by atoms with E-state index < -0.39 is 10.1 Å². The van der Waals surface area contributed by atoms with Gasteiger partial charge in [-0.15, -0.1) is 0 Å². The smallest absolute Gasteiger partial charge is 0.157 e. The number of hydrogen-bond acceptors (Lipinski definition) is 1. The Bertz CT molecular complexity index is 171. The van der Waals surface area contributed by atoms with Gasteiger partial charge in [0.05, 0.1) is 0 Å². The van der Waals surface area contributed by atoms with Crippen molar-refractivity contribution in [3.63, 3.8) is 0 Å². The van der Waals surface area contributed by atoms with Crippen molar-refractivity contribution < 1.29 is 0 Å². The van der Waals surface area contributed by atoms with E-state index in [1.165, 1.54) is 44.4 Å². The van der Waals surface area contributed by atoms with Gasteiger partial charge in [0.2, 0.25) is 0 Å². The van der Waals surface area contributed by atoms with E-state index in [1.54, 1.807) is 0 Å². The van der Waals surface area contributed by atoms with Crippen LogP contribution >= 0.6 is 10.1 Å². The van der Waals surface area contributed by atoms with Crippen LogP contribution in [0.15, 0.2) is 0 Å². The summed E-state index contributed by atoms with van der Waals surface area (Å²) in [5.41, 5.74) is 0. The van der Waals surface area contributed by atoms with Gasteiger partial charge in [0.1, 0.15) is 0 Å². The van der Waals surface area contributed by atoms with Crippen molar-refractivity contribution in [1.29, 1.82) is 0 Å². The highest BCUT2D eigenvalue weighted by atomic mass is 32.3. The van der Waals surface area contributed by atoms with Crippen molar-refractivity contribution >= 4 is 17.2 Å². The SMILES string of the molecule is CC.[B]S1(C)CCCC2CCCCN21. The van der Waals surface area contributed by atoms with Crippen LogP contribution in [-0.2, 0) is 0 Å². The van der Waals surface area contributed by atoms with Gasteiger partial charge in [0.25, 0.3) is 0 Å². The molecule has 0 spiro atoms. The molecule has 2 fully saturated rings. The summed E-state index contributed by atoms with van der Waals surface area (Å²) in [5, 5.41) is 0. The molecule has 14 heavy (non-hydrogen) atoms. The molecule has 2 heterocycles. The number of rotatable bonds is 0. The Kier molecular flexibility index (Phi) is 4.85. The van der Waals surface area contributed by atoms with Crippen molar-refractivity contribution in [1.82, 2.24) is 4.31 Å². The molecule has 0 aromatic rings. The van der Waals surface area contributed by atoms with Crippen LogP contribution in [0.25, 0.3) is 0 Å². The molecular formula is C11H24BNS. The Morgan fingerprint density at radius 1 is 1.14 bits per heavy atom. The van der Waals surface area contributed by atoms with Gasteiger partial charge < -0.3 is 0 Å². The van der Waals surface area contributed by atoms with Gasteiger partial charge in [-0.1, -0.05) is 20.3 Å². The maximum Gasteiger partial charge on any atom is 0.157 e. The Hall–Kier alpha value is 0.375. The number of nitrogens with zero attached hydrogens (tertiary/aromatic N) is 1. The standard InChI is InChI=1S/C9H18BNS.C2H6/c1-12(10)8-4-6-9-5-2-3-7-11(9)12;1-2/h9H,2-8H2,1H3;1-2H3. The quantitative estimate of drug-likeness (QED) is 0.559. The molecular weight excluding hydrogens is 189 g/mol. The summed E-state index contributed by atoms with van der Waals surface area (Å²) in [4.78, 5) is 0. The van der Waals surface area contributed by atoms with Gasteiger partial charge >= 0.3 is 0 Å². The fourth-order valence-electron chi connectivity index (χ4n) is 2.54. The van der Waals surface area contributed by atoms with Crippen LogP contribution in [0.5, 0.6) is 0 Å². The van der Waals surface area contributed by atoms with Crippen LogP contribution in [-0.4, -0.2) is 36.0 Å². The molecule has 2 aliphatic heterocycles. The molecule has 0 saturated carbocycles. The van der Waals surface area contributed by atoms with E-state index in [9.17, 15) is 0 Å². The molecule has 0 aliphatic carbocycles. The Morgan fingerprint density at radius 2 is 1.79 bits per heavy atom. The van der Waals surface area contributed by atoms with Crippen molar-refractivity contribution in [2.45, 2.75) is 52.0 Å². The summed E-state index contributed by atoms with van der Waals surface area (Å²) in [7, 11) is 5.49. The van der Waals surface area contributed by atoms with E-state index in [0.29, 0.717) is 0 Å². The Balaban J connectivity index is 0.000000461. The van der Waals surface area contributed by atoms with Crippen LogP contribution in [0.2, 0.25) is 0 Å². The molecule has 2 radical (unpaired) electrons. The lowest BCUT2D eigenvalue weighted by Gasteiger charge is -2.54. The first kappa shape index (κ1) is 12.4. The minimum Gasteiger partial charge on any atom is -0.274 e. The number of hydrogen-bond donors (Lipinski definition) is 0. The molecule has 0 N–H and O–H groups in total. The lowest BCUT2D eigenvalue weighted by Crippen LogP contribution is -2.45. The molecule has 1 nitrogen and oxygen atoms in total. The molecule has 2 rings (SSSR count). The zero-order valence-corrected chi connectivity index (χ0v) is 10.8. The molecule has 2 unspecified atom stereocenters. The van der Waals surface area contributed by atoms with Crippen LogP contribution in [0, 0.1) is 0 Å². The second-order valence-corrected chi connectivity index (χ2v) is 7.34. The molecule has 0 bridgehead atoms. The molecule has 2 atom stereocenters. The highest BCUT2D eigenvalue weighted by Crippen LogP contribution is 2.51. The Labute approximate surface area is 92.4 Å². The monoisotopic (exact) mass is 213 g/mol. The third-order valence-corrected chi connectivity index (χ3v) is 5.87. The van der Waals surface area contributed by atoms with Crippen molar-refractivity contribution in [3.05, 3.63) is 0 Å². The van der Waals surface area contributed by atoms with Crippen molar-refractivity contribution in [2.75, 3.05) is 18.6 Å². The minimum absolute atomic E-state index is 0.845. The van der Waals surface area contributed by atoms with E-state index in [4.69, 9.17) is 7.12 Å². The van der Waals surface area contributed by atoms with Gasteiger partial charge in [-0.05, 0) is 37.7 Å². The number of fused-ring (bicyclic) bond motifs is 1. The van der Waals surface area contributed by atoms with E-state index in [-0.39, 0.29) is 0 Å². The highest BCUT2D eigenvalue weighted by Gasteiger charge is 2.33. The average Bonchev–Trinajstić information content (AvgIpc) is 2.21. The van der Waals surface area contributed by atoms with Crippen LogP contribution in [0.3, 0.4) is 0 Å². The first-order valence-corrected chi connectivity index (χ1v) is 8.24. The average molecular weight is 213 g/mol. The molecule has 0 aromatic heterocycles. The fraction of sp³-hybridized carbons (Fsp3) is 1.00. The maximum absolute atomic E-state index is 6.34. The predicted octanol–water partition coefficient (Wildman–Crippen LogP) is 3.09. The second-order valence-electron chi connectivity index (χ2n) is 4.24.